The van der Waals surface area contributed by atoms with Crippen molar-refractivity contribution in [3.63, 3.8) is 0 Å². The van der Waals surface area contributed by atoms with Crippen LogP contribution in [0.2, 0.25) is 0 Å². The van der Waals surface area contributed by atoms with E-state index in [-0.39, 0.29) is 30.4 Å². The van der Waals surface area contributed by atoms with E-state index in [1.165, 1.54) is 6.07 Å². The molecule has 0 aromatic heterocycles. The van der Waals surface area contributed by atoms with Crippen molar-refractivity contribution in [3.8, 4) is 0 Å². The monoisotopic (exact) mass is 245 g/mol. The van der Waals surface area contributed by atoms with E-state index in [1.807, 2.05) is 6.07 Å². The second-order valence-electron chi connectivity index (χ2n) is 4.17. The van der Waals surface area contributed by atoms with E-state index < -0.39 is 0 Å². The van der Waals surface area contributed by atoms with Gasteiger partial charge in [0.25, 0.3) is 0 Å². The largest absolute Gasteiger partial charge is 0.370 e. The van der Waals surface area contributed by atoms with Gasteiger partial charge in [0.05, 0.1) is 12.7 Å². The molecule has 90 valence electrons. The highest BCUT2D eigenvalue weighted by Crippen LogP contribution is 2.25. The first-order chi connectivity index (χ1) is 7.16. The Morgan fingerprint density at radius 2 is 2.12 bits per heavy atom. The van der Waals surface area contributed by atoms with Crippen LogP contribution in [0.1, 0.15) is 25.5 Å². The van der Waals surface area contributed by atoms with E-state index in [4.69, 9.17) is 4.74 Å². The third-order valence-electron chi connectivity index (χ3n) is 2.70. The fourth-order valence-corrected chi connectivity index (χ4v) is 2.05. The van der Waals surface area contributed by atoms with E-state index in [2.05, 4.69) is 19.2 Å². The summed E-state index contributed by atoms with van der Waals surface area (Å²) in [4.78, 5) is 0. The summed E-state index contributed by atoms with van der Waals surface area (Å²) in [5.41, 5.74) is 0.905. The van der Waals surface area contributed by atoms with E-state index in [1.54, 1.807) is 12.1 Å². The SMILES string of the molecule is C[C@@H]1CO[C@@H](c2cccc(F)c2)[C@H](C)N1.Cl. The number of morpholine rings is 1. The van der Waals surface area contributed by atoms with Crippen LogP contribution in [-0.2, 0) is 4.74 Å². The van der Waals surface area contributed by atoms with E-state index >= 15 is 0 Å². The molecule has 4 heteroatoms. The molecule has 3 atom stereocenters. The summed E-state index contributed by atoms with van der Waals surface area (Å²) in [7, 11) is 0. The van der Waals surface area contributed by atoms with E-state index in [9.17, 15) is 4.39 Å². The number of hydrogen-bond donors (Lipinski definition) is 1. The molecule has 1 aromatic rings. The zero-order valence-corrected chi connectivity index (χ0v) is 10.3. The Morgan fingerprint density at radius 1 is 1.38 bits per heavy atom. The molecule has 2 nitrogen and oxygen atoms in total. The van der Waals surface area contributed by atoms with Crippen molar-refractivity contribution in [2.45, 2.75) is 32.0 Å². The highest BCUT2D eigenvalue weighted by Gasteiger charge is 2.26. The van der Waals surface area contributed by atoms with Gasteiger partial charge in [-0.1, -0.05) is 12.1 Å². The molecule has 1 aromatic carbocycles. The maximum absolute atomic E-state index is 13.0. The van der Waals surface area contributed by atoms with Crippen LogP contribution in [0.15, 0.2) is 24.3 Å². The predicted molar refractivity (Wildman–Crippen MR) is 64.4 cm³/mol. The van der Waals surface area contributed by atoms with Crippen molar-refractivity contribution in [2.75, 3.05) is 6.61 Å². The summed E-state index contributed by atoms with van der Waals surface area (Å²) in [6, 6.07) is 7.20. The van der Waals surface area contributed by atoms with Gasteiger partial charge in [0.2, 0.25) is 0 Å². The second-order valence-corrected chi connectivity index (χ2v) is 4.17. The molecule has 0 unspecified atom stereocenters. The molecule has 16 heavy (non-hydrogen) atoms. The molecule has 2 rings (SSSR count). The molecule has 1 aliphatic heterocycles. The minimum absolute atomic E-state index is 0. The number of hydrogen-bond acceptors (Lipinski definition) is 2. The number of nitrogens with one attached hydrogen (secondary N) is 1. The average molecular weight is 246 g/mol. The summed E-state index contributed by atoms with van der Waals surface area (Å²) in [6.07, 6.45) is -0.0445. The molecule has 0 radical (unpaired) electrons. The molecule has 0 aliphatic carbocycles. The van der Waals surface area contributed by atoms with Crippen molar-refractivity contribution in [1.29, 1.82) is 0 Å². The highest BCUT2D eigenvalue weighted by atomic mass is 35.5. The zero-order chi connectivity index (χ0) is 10.8. The van der Waals surface area contributed by atoms with Gasteiger partial charge in [-0.2, -0.15) is 0 Å². The Labute approximate surface area is 102 Å². The molecular formula is C12H17ClFNO. The normalized spacial score (nSPS) is 29.6. The van der Waals surface area contributed by atoms with Gasteiger partial charge < -0.3 is 10.1 Å². The van der Waals surface area contributed by atoms with Gasteiger partial charge in [-0.05, 0) is 31.5 Å². The van der Waals surface area contributed by atoms with Crippen LogP contribution in [0.3, 0.4) is 0 Å². The lowest BCUT2D eigenvalue weighted by Gasteiger charge is -2.34. The molecule has 1 fully saturated rings. The van der Waals surface area contributed by atoms with Crippen LogP contribution in [0, 0.1) is 5.82 Å². The number of halogens is 2. The molecule has 0 bridgehead atoms. The summed E-state index contributed by atoms with van der Waals surface area (Å²) in [5.74, 6) is -0.207. The van der Waals surface area contributed by atoms with Crippen LogP contribution in [0.25, 0.3) is 0 Å². The van der Waals surface area contributed by atoms with Crippen LogP contribution in [-0.4, -0.2) is 18.7 Å². The van der Waals surface area contributed by atoms with E-state index in [0.29, 0.717) is 12.6 Å². The smallest absolute Gasteiger partial charge is 0.123 e. The highest BCUT2D eigenvalue weighted by molar-refractivity contribution is 5.85. The number of benzene rings is 1. The van der Waals surface area contributed by atoms with Gasteiger partial charge in [0.1, 0.15) is 5.82 Å². The Balaban J connectivity index is 0.00000128. The maximum atomic E-state index is 13.0. The molecule has 1 N–H and O–H groups in total. The summed E-state index contributed by atoms with van der Waals surface area (Å²) >= 11 is 0. The van der Waals surface area contributed by atoms with Crippen LogP contribution < -0.4 is 5.32 Å². The lowest BCUT2D eigenvalue weighted by molar-refractivity contribution is -0.0208. The first kappa shape index (κ1) is 13.4. The Kier molecular flexibility index (Phi) is 4.71. The van der Waals surface area contributed by atoms with Crippen LogP contribution >= 0.6 is 12.4 Å². The van der Waals surface area contributed by atoms with Crippen molar-refractivity contribution in [3.05, 3.63) is 35.6 Å². The predicted octanol–water partition coefficient (Wildman–Crippen LogP) is 2.69. The quantitative estimate of drug-likeness (QED) is 0.822. The average Bonchev–Trinajstić information content (AvgIpc) is 2.17. The lowest BCUT2D eigenvalue weighted by atomic mass is 10.0. The van der Waals surface area contributed by atoms with Gasteiger partial charge in [0.15, 0.2) is 0 Å². The first-order valence-electron chi connectivity index (χ1n) is 5.30. The third-order valence-corrected chi connectivity index (χ3v) is 2.70. The van der Waals surface area contributed by atoms with Crippen LogP contribution in [0.5, 0.6) is 0 Å². The Morgan fingerprint density at radius 3 is 2.75 bits per heavy atom. The standard InChI is InChI=1S/C12H16FNO.ClH/c1-8-7-15-12(9(2)14-8)10-4-3-5-11(13)6-10;/h3-6,8-9,12,14H,7H2,1-2H3;1H/t8-,9+,12-;/m1./s1. The van der Waals surface area contributed by atoms with Gasteiger partial charge in [0, 0.05) is 12.1 Å². The topological polar surface area (TPSA) is 21.3 Å². The fraction of sp³-hybridized carbons (Fsp3) is 0.500. The van der Waals surface area contributed by atoms with Gasteiger partial charge in [-0.3, -0.25) is 0 Å². The van der Waals surface area contributed by atoms with Crippen molar-refractivity contribution in [1.82, 2.24) is 5.32 Å². The van der Waals surface area contributed by atoms with Gasteiger partial charge >= 0.3 is 0 Å². The fourth-order valence-electron chi connectivity index (χ4n) is 2.05. The maximum Gasteiger partial charge on any atom is 0.123 e. The van der Waals surface area contributed by atoms with Crippen molar-refractivity contribution in [2.24, 2.45) is 0 Å². The molecule has 0 saturated carbocycles. The lowest BCUT2D eigenvalue weighted by Crippen LogP contribution is -2.47. The summed E-state index contributed by atoms with van der Waals surface area (Å²) in [5, 5.41) is 3.40. The molecule has 1 saturated heterocycles. The minimum atomic E-state index is -0.207. The second kappa shape index (κ2) is 5.62. The third kappa shape index (κ3) is 2.94. The van der Waals surface area contributed by atoms with E-state index in [0.717, 1.165) is 5.56 Å². The number of rotatable bonds is 1. The van der Waals surface area contributed by atoms with Crippen molar-refractivity contribution < 1.29 is 9.13 Å². The van der Waals surface area contributed by atoms with Gasteiger partial charge in [-0.25, -0.2) is 4.39 Å². The first-order valence-corrected chi connectivity index (χ1v) is 5.30. The summed E-state index contributed by atoms with van der Waals surface area (Å²) < 4.78 is 18.8. The Hall–Kier alpha value is -0.640. The molecule has 0 amide bonds. The Bertz CT molecular complexity index is 348. The number of ether oxygens (including phenoxy) is 1. The summed E-state index contributed by atoms with van der Waals surface area (Å²) in [6.45, 7) is 4.81. The minimum Gasteiger partial charge on any atom is -0.370 e. The van der Waals surface area contributed by atoms with Gasteiger partial charge in [-0.15, -0.1) is 12.4 Å². The van der Waals surface area contributed by atoms with Crippen LogP contribution in [0.4, 0.5) is 4.39 Å². The molecule has 1 heterocycles. The molecular weight excluding hydrogens is 229 g/mol. The zero-order valence-electron chi connectivity index (χ0n) is 9.44. The molecule has 1 aliphatic rings. The van der Waals surface area contributed by atoms with Crippen molar-refractivity contribution >= 4 is 12.4 Å². The molecule has 0 spiro atoms.